The number of amides is 7. The van der Waals surface area contributed by atoms with Crippen LogP contribution < -0.4 is 43.4 Å². The van der Waals surface area contributed by atoms with Gasteiger partial charge in [0.2, 0.25) is 41.4 Å². The van der Waals surface area contributed by atoms with Gasteiger partial charge in [0.15, 0.2) is 0 Å². The van der Waals surface area contributed by atoms with Crippen LogP contribution in [-0.2, 0) is 40.0 Å². The number of aromatic hydroxyl groups is 1. The third-order valence-electron chi connectivity index (χ3n) is 8.07. The standard InChI is InChI=1S/C34H56N8O9/c1-6-20(4)29(38-21(5)44)34(51)40-24(9-7-8-14-35)32(49)41-25(15-19(2)3)33(50)42-26(16-22-10-12-23(45)13-11-22)31(48)37-17-28(46)39-27(18-43)30(36)47/h10-13,19-20,24-27,29,43,45H,6-9,14-18,35H2,1-5H3,(H2,36,47)(H,37,48)(H,38,44)(H,39,46)(H,40,51)(H,41,49)(H,42,50)/t20-,24-,25-,26-,27-,29-/m0/s1. The first kappa shape index (κ1) is 44.3. The zero-order valence-corrected chi connectivity index (χ0v) is 30.1. The van der Waals surface area contributed by atoms with Gasteiger partial charge in [0.05, 0.1) is 13.2 Å². The van der Waals surface area contributed by atoms with Gasteiger partial charge < -0.3 is 53.6 Å². The molecule has 286 valence electrons. The average molecular weight is 721 g/mol. The summed E-state index contributed by atoms with van der Waals surface area (Å²) in [6.45, 7) is 7.64. The molecule has 6 atom stereocenters. The number of rotatable bonds is 23. The van der Waals surface area contributed by atoms with Crippen LogP contribution in [0.3, 0.4) is 0 Å². The zero-order valence-electron chi connectivity index (χ0n) is 30.1. The third kappa shape index (κ3) is 16.7. The van der Waals surface area contributed by atoms with Crippen molar-refractivity contribution in [3.05, 3.63) is 29.8 Å². The van der Waals surface area contributed by atoms with E-state index in [2.05, 4.69) is 31.9 Å². The fourth-order valence-electron chi connectivity index (χ4n) is 5.01. The topological polar surface area (TPSA) is 284 Å². The molecule has 17 nitrogen and oxygen atoms in total. The first-order valence-electron chi connectivity index (χ1n) is 17.2. The maximum atomic E-state index is 13.8. The molecule has 0 saturated carbocycles. The Balaban J connectivity index is 3.28. The van der Waals surface area contributed by atoms with Gasteiger partial charge in [-0.25, -0.2) is 0 Å². The lowest BCUT2D eigenvalue weighted by Gasteiger charge is -2.28. The van der Waals surface area contributed by atoms with Gasteiger partial charge in [-0.1, -0.05) is 46.2 Å². The van der Waals surface area contributed by atoms with E-state index in [4.69, 9.17) is 11.5 Å². The third-order valence-corrected chi connectivity index (χ3v) is 8.07. The molecule has 0 unspecified atom stereocenters. The highest BCUT2D eigenvalue weighted by Crippen LogP contribution is 2.14. The fourth-order valence-corrected chi connectivity index (χ4v) is 5.01. The lowest BCUT2D eigenvalue weighted by molar-refractivity contribution is -0.135. The number of nitrogens with one attached hydrogen (secondary N) is 6. The van der Waals surface area contributed by atoms with Crippen molar-refractivity contribution < 1.29 is 43.8 Å². The molecule has 12 N–H and O–H groups in total. The maximum absolute atomic E-state index is 13.8. The highest BCUT2D eigenvalue weighted by atomic mass is 16.3. The van der Waals surface area contributed by atoms with Crippen LogP contribution in [0.1, 0.15) is 72.3 Å². The van der Waals surface area contributed by atoms with Crippen molar-refractivity contribution in [2.45, 2.75) is 103 Å². The molecule has 0 saturated heterocycles. The number of unbranched alkanes of at least 4 members (excludes halogenated alkanes) is 1. The van der Waals surface area contributed by atoms with Crippen molar-refractivity contribution in [2.75, 3.05) is 19.7 Å². The second-order valence-corrected chi connectivity index (χ2v) is 13.0. The quantitative estimate of drug-likeness (QED) is 0.0566. The molecule has 7 amide bonds. The van der Waals surface area contributed by atoms with Crippen LogP contribution >= 0.6 is 0 Å². The lowest BCUT2D eigenvalue weighted by atomic mass is 9.97. The van der Waals surface area contributed by atoms with Gasteiger partial charge in [-0.3, -0.25) is 33.6 Å². The van der Waals surface area contributed by atoms with Gasteiger partial charge in [0, 0.05) is 13.3 Å². The van der Waals surface area contributed by atoms with Gasteiger partial charge in [0.25, 0.3) is 0 Å². The number of benzene rings is 1. The summed E-state index contributed by atoms with van der Waals surface area (Å²) in [6, 6.07) is 0.159. The van der Waals surface area contributed by atoms with E-state index in [1.165, 1.54) is 19.1 Å². The highest BCUT2D eigenvalue weighted by molar-refractivity contribution is 5.96. The Labute approximate surface area is 298 Å². The SMILES string of the molecule is CC[C@H](C)[C@H](NC(C)=O)C(=O)N[C@@H](CCCCN)C(=O)N[C@@H](CC(C)C)C(=O)N[C@@H](Cc1ccc(O)cc1)C(=O)NCC(=O)N[C@@H](CO)C(N)=O. The van der Waals surface area contributed by atoms with Crippen LogP contribution in [0, 0.1) is 11.8 Å². The Bertz CT molecular complexity index is 1330. The van der Waals surface area contributed by atoms with Crippen LogP contribution in [0.15, 0.2) is 24.3 Å². The van der Waals surface area contributed by atoms with Gasteiger partial charge in [-0.15, -0.1) is 0 Å². The number of carbonyl (C=O) groups excluding carboxylic acids is 7. The van der Waals surface area contributed by atoms with Crippen molar-refractivity contribution in [1.82, 2.24) is 31.9 Å². The number of aliphatic hydroxyl groups excluding tert-OH is 1. The normalized spacial score (nSPS) is 14.5. The molecule has 0 aromatic heterocycles. The predicted molar refractivity (Wildman–Crippen MR) is 188 cm³/mol. The zero-order chi connectivity index (χ0) is 38.7. The number of nitrogens with two attached hydrogens (primary N) is 2. The molecule has 0 radical (unpaired) electrons. The number of hydrogen-bond donors (Lipinski definition) is 10. The highest BCUT2D eigenvalue weighted by Gasteiger charge is 2.33. The number of carbonyl (C=O) groups is 7. The number of aliphatic hydroxyl groups is 1. The van der Waals surface area contributed by atoms with E-state index >= 15 is 0 Å². The molecule has 1 rings (SSSR count). The van der Waals surface area contributed by atoms with Crippen molar-refractivity contribution in [3.8, 4) is 5.75 Å². The summed E-state index contributed by atoms with van der Waals surface area (Å²) >= 11 is 0. The van der Waals surface area contributed by atoms with Crippen LogP contribution in [0.4, 0.5) is 0 Å². The number of hydrogen-bond acceptors (Lipinski definition) is 10. The molecule has 0 aliphatic heterocycles. The summed E-state index contributed by atoms with van der Waals surface area (Å²) in [5.74, 6) is -5.23. The lowest BCUT2D eigenvalue weighted by Crippen LogP contribution is -2.59. The second kappa shape index (κ2) is 22.8. The molecule has 0 spiro atoms. The minimum atomic E-state index is -1.36. The summed E-state index contributed by atoms with van der Waals surface area (Å²) in [6.07, 6.45) is 1.95. The molecule has 0 aliphatic carbocycles. The molecule has 1 aromatic rings. The monoisotopic (exact) mass is 720 g/mol. The Morgan fingerprint density at radius 3 is 1.88 bits per heavy atom. The molecular weight excluding hydrogens is 664 g/mol. The first-order valence-corrected chi connectivity index (χ1v) is 17.2. The summed E-state index contributed by atoms with van der Waals surface area (Å²) in [4.78, 5) is 89.7. The van der Waals surface area contributed by atoms with Crippen molar-refractivity contribution in [2.24, 2.45) is 23.3 Å². The number of primary amides is 1. The Kier molecular flexibility index (Phi) is 19.8. The van der Waals surface area contributed by atoms with Crippen molar-refractivity contribution in [3.63, 3.8) is 0 Å². The molecule has 0 fully saturated rings. The predicted octanol–water partition coefficient (Wildman–Crippen LogP) is -1.81. The van der Waals surface area contributed by atoms with E-state index in [0.29, 0.717) is 31.4 Å². The summed E-state index contributed by atoms with van der Waals surface area (Å²) in [7, 11) is 0. The molecule has 17 heteroatoms. The smallest absolute Gasteiger partial charge is 0.243 e. The Morgan fingerprint density at radius 1 is 0.765 bits per heavy atom. The molecular formula is C34H56N8O9. The second-order valence-electron chi connectivity index (χ2n) is 13.0. The molecule has 0 aliphatic rings. The Morgan fingerprint density at radius 2 is 1.35 bits per heavy atom. The number of phenolic OH excluding ortho intramolecular Hbond substituents is 1. The van der Waals surface area contributed by atoms with Crippen LogP contribution in [0.2, 0.25) is 0 Å². The van der Waals surface area contributed by atoms with Gasteiger partial charge in [0.1, 0.15) is 36.0 Å². The van der Waals surface area contributed by atoms with E-state index in [0.717, 1.165) is 0 Å². The summed E-state index contributed by atoms with van der Waals surface area (Å²) < 4.78 is 0. The maximum Gasteiger partial charge on any atom is 0.243 e. The van der Waals surface area contributed by atoms with Crippen LogP contribution in [0.25, 0.3) is 0 Å². The van der Waals surface area contributed by atoms with Gasteiger partial charge in [-0.2, -0.15) is 0 Å². The average Bonchev–Trinajstić information content (AvgIpc) is 3.07. The van der Waals surface area contributed by atoms with Gasteiger partial charge in [-0.05, 0) is 61.8 Å². The van der Waals surface area contributed by atoms with Gasteiger partial charge >= 0.3 is 0 Å². The minimum absolute atomic E-state index is 0.0197. The van der Waals surface area contributed by atoms with E-state index in [1.807, 2.05) is 20.8 Å². The molecule has 51 heavy (non-hydrogen) atoms. The first-order chi connectivity index (χ1) is 24.0. The molecule has 0 heterocycles. The van der Waals surface area contributed by atoms with E-state index < -0.39 is 84.7 Å². The van der Waals surface area contributed by atoms with E-state index in [-0.39, 0.29) is 36.8 Å². The van der Waals surface area contributed by atoms with E-state index in [9.17, 15) is 43.8 Å². The summed E-state index contributed by atoms with van der Waals surface area (Å²) in [5, 5.41) is 34.3. The van der Waals surface area contributed by atoms with E-state index in [1.54, 1.807) is 19.1 Å². The van der Waals surface area contributed by atoms with Crippen LogP contribution in [0.5, 0.6) is 5.75 Å². The fraction of sp³-hybridized carbons (Fsp3) is 0.618. The Hall–Kier alpha value is -4.77. The molecule has 1 aromatic carbocycles. The summed E-state index contributed by atoms with van der Waals surface area (Å²) in [5.41, 5.74) is 11.3. The largest absolute Gasteiger partial charge is 0.508 e. The minimum Gasteiger partial charge on any atom is -0.508 e. The molecule has 0 bridgehead atoms. The van der Waals surface area contributed by atoms with Crippen molar-refractivity contribution >= 4 is 41.4 Å². The van der Waals surface area contributed by atoms with Crippen LogP contribution in [-0.4, -0.2) is 101 Å². The van der Waals surface area contributed by atoms with Crippen molar-refractivity contribution in [1.29, 1.82) is 0 Å². The number of phenols is 1.